The fourth-order valence-electron chi connectivity index (χ4n) is 1.29. The molecule has 0 bridgehead atoms. The molecule has 4 heteroatoms. The Balaban J connectivity index is 2.52. The van der Waals surface area contributed by atoms with Crippen LogP contribution in [0.5, 0.6) is 0 Å². The quantitative estimate of drug-likeness (QED) is 0.642. The van der Waals surface area contributed by atoms with Gasteiger partial charge in [-0.25, -0.2) is 0 Å². The first-order valence-electron chi connectivity index (χ1n) is 4.15. The third-order valence-corrected chi connectivity index (χ3v) is 1.97. The normalized spacial score (nSPS) is 24.0. The molecule has 1 unspecified atom stereocenters. The molecule has 1 rings (SSSR count). The molecule has 1 aliphatic rings. The Morgan fingerprint density at radius 3 is 3.00 bits per heavy atom. The molecule has 0 aromatic rings. The number of amidine groups is 1. The average Bonchev–Trinajstić information content (AvgIpc) is 1.98. The molecule has 1 N–H and O–H groups in total. The molecule has 0 saturated carbocycles. The highest BCUT2D eigenvalue weighted by atomic mass is 16.7. The van der Waals surface area contributed by atoms with Crippen molar-refractivity contribution in [2.45, 2.75) is 26.7 Å². The first-order chi connectivity index (χ1) is 5.61. The van der Waals surface area contributed by atoms with Gasteiger partial charge in [-0.2, -0.15) is 5.06 Å². The van der Waals surface area contributed by atoms with E-state index >= 15 is 0 Å². The molecule has 1 fully saturated rings. The second kappa shape index (κ2) is 3.56. The summed E-state index contributed by atoms with van der Waals surface area (Å²) in [5, 5.41) is 8.98. The first kappa shape index (κ1) is 9.03. The Kier molecular flexibility index (Phi) is 2.68. The number of hydrogen-bond acceptors (Lipinski definition) is 3. The number of carbonyl (C=O) groups excluding carboxylic acids is 1. The SMILES string of the molecule is CC(=O)ON1CCCC(C)C1=N. The van der Waals surface area contributed by atoms with Crippen LogP contribution >= 0.6 is 0 Å². The Morgan fingerprint density at radius 2 is 2.42 bits per heavy atom. The van der Waals surface area contributed by atoms with E-state index < -0.39 is 0 Å². The van der Waals surface area contributed by atoms with Crippen molar-refractivity contribution in [3.8, 4) is 0 Å². The maximum absolute atomic E-state index is 10.6. The first-order valence-corrected chi connectivity index (χ1v) is 4.15. The fraction of sp³-hybridized carbons (Fsp3) is 0.750. The van der Waals surface area contributed by atoms with Crippen LogP contribution in [0.15, 0.2) is 0 Å². The van der Waals surface area contributed by atoms with Crippen LogP contribution in [0.1, 0.15) is 26.7 Å². The lowest BCUT2D eigenvalue weighted by Crippen LogP contribution is -2.40. The third kappa shape index (κ3) is 1.96. The van der Waals surface area contributed by atoms with Crippen LogP contribution in [0.4, 0.5) is 0 Å². The zero-order chi connectivity index (χ0) is 9.14. The van der Waals surface area contributed by atoms with E-state index in [9.17, 15) is 4.79 Å². The van der Waals surface area contributed by atoms with Crippen LogP contribution < -0.4 is 0 Å². The van der Waals surface area contributed by atoms with Gasteiger partial charge in [0.2, 0.25) is 0 Å². The monoisotopic (exact) mass is 170 g/mol. The van der Waals surface area contributed by atoms with Crippen molar-refractivity contribution in [1.29, 1.82) is 5.41 Å². The minimum atomic E-state index is -0.353. The number of hydrogen-bond donors (Lipinski definition) is 1. The van der Waals surface area contributed by atoms with Crippen LogP contribution in [0.2, 0.25) is 0 Å². The number of carbonyl (C=O) groups is 1. The molecule has 1 saturated heterocycles. The lowest BCUT2D eigenvalue weighted by Gasteiger charge is -2.30. The standard InChI is InChI=1S/C8H14N2O2/c1-6-4-3-5-10(8(6)9)12-7(2)11/h6,9H,3-5H2,1-2H3. The fourth-order valence-corrected chi connectivity index (χ4v) is 1.29. The molecule has 0 aromatic heterocycles. The van der Waals surface area contributed by atoms with E-state index in [4.69, 9.17) is 10.2 Å². The van der Waals surface area contributed by atoms with Crippen LogP contribution in [-0.2, 0) is 9.63 Å². The summed E-state index contributed by atoms with van der Waals surface area (Å²) in [5.41, 5.74) is 0. The van der Waals surface area contributed by atoms with Gasteiger partial charge >= 0.3 is 5.97 Å². The minimum Gasteiger partial charge on any atom is -0.340 e. The smallest absolute Gasteiger partial charge is 0.329 e. The van der Waals surface area contributed by atoms with E-state index in [1.807, 2.05) is 6.92 Å². The van der Waals surface area contributed by atoms with E-state index in [2.05, 4.69) is 0 Å². The molecule has 1 aliphatic heterocycles. The van der Waals surface area contributed by atoms with E-state index in [0.29, 0.717) is 12.4 Å². The summed E-state index contributed by atoms with van der Waals surface area (Å²) in [7, 11) is 0. The van der Waals surface area contributed by atoms with Crippen LogP contribution in [0, 0.1) is 11.3 Å². The number of piperidine rings is 1. The van der Waals surface area contributed by atoms with Crippen LogP contribution in [0.3, 0.4) is 0 Å². The van der Waals surface area contributed by atoms with Gasteiger partial charge in [0.1, 0.15) is 5.84 Å². The topological polar surface area (TPSA) is 53.4 Å². The average molecular weight is 170 g/mol. The predicted molar refractivity (Wildman–Crippen MR) is 44.6 cm³/mol. The largest absolute Gasteiger partial charge is 0.340 e. The third-order valence-electron chi connectivity index (χ3n) is 1.97. The van der Waals surface area contributed by atoms with Gasteiger partial charge in [-0.05, 0) is 12.8 Å². The van der Waals surface area contributed by atoms with Crippen molar-refractivity contribution in [2.75, 3.05) is 6.54 Å². The van der Waals surface area contributed by atoms with E-state index in [1.165, 1.54) is 12.0 Å². The summed E-state index contributed by atoms with van der Waals surface area (Å²) in [5.74, 6) is 0.267. The number of nitrogens with one attached hydrogen (secondary N) is 1. The molecule has 12 heavy (non-hydrogen) atoms. The van der Waals surface area contributed by atoms with Crippen LogP contribution in [-0.4, -0.2) is 23.4 Å². The summed E-state index contributed by atoms with van der Waals surface area (Å²) in [6.45, 7) is 3.98. The predicted octanol–water partition coefficient (Wildman–Crippen LogP) is 1.17. The Labute approximate surface area is 72.0 Å². The van der Waals surface area contributed by atoms with Gasteiger partial charge in [-0.15, -0.1) is 0 Å². The molecule has 0 aromatic carbocycles. The molecule has 4 nitrogen and oxygen atoms in total. The Morgan fingerprint density at radius 1 is 1.75 bits per heavy atom. The highest BCUT2D eigenvalue weighted by Crippen LogP contribution is 2.17. The summed E-state index contributed by atoms with van der Waals surface area (Å²) >= 11 is 0. The maximum Gasteiger partial charge on any atom is 0.329 e. The minimum absolute atomic E-state index is 0.207. The maximum atomic E-state index is 10.6. The van der Waals surface area contributed by atoms with Crippen molar-refractivity contribution in [2.24, 2.45) is 5.92 Å². The van der Waals surface area contributed by atoms with Gasteiger partial charge in [0.15, 0.2) is 0 Å². The van der Waals surface area contributed by atoms with Gasteiger partial charge in [-0.1, -0.05) is 6.92 Å². The molecule has 0 radical (unpaired) electrons. The summed E-state index contributed by atoms with van der Waals surface area (Å²) in [4.78, 5) is 15.4. The van der Waals surface area contributed by atoms with Crippen molar-refractivity contribution in [1.82, 2.24) is 5.06 Å². The van der Waals surface area contributed by atoms with Gasteiger partial charge < -0.3 is 4.84 Å². The van der Waals surface area contributed by atoms with Gasteiger partial charge in [0.25, 0.3) is 0 Å². The molecule has 1 heterocycles. The van der Waals surface area contributed by atoms with Crippen molar-refractivity contribution in [3.63, 3.8) is 0 Å². The second-order valence-electron chi connectivity index (χ2n) is 3.11. The van der Waals surface area contributed by atoms with Crippen molar-refractivity contribution < 1.29 is 9.63 Å². The summed E-state index contributed by atoms with van der Waals surface area (Å²) in [6.07, 6.45) is 1.99. The van der Waals surface area contributed by atoms with E-state index in [1.54, 1.807) is 0 Å². The lowest BCUT2D eigenvalue weighted by molar-refractivity contribution is -0.172. The molecule has 0 aliphatic carbocycles. The van der Waals surface area contributed by atoms with Crippen molar-refractivity contribution >= 4 is 11.8 Å². The molecule has 0 spiro atoms. The molecular weight excluding hydrogens is 156 g/mol. The van der Waals surface area contributed by atoms with Crippen molar-refractivity contribution in [3.05, 3.63) is 0 Å². The van der Waals surface area contributed by atoms with Gasteiger partial charge in [0, 0.05) is 12.8 Å². The second-order valence-corrected chi connectivity index (χ2v) is 3.11. The number of nitrogens with zero attached hydrogens (tertiary/aromatic N) is 1. The van der Waals surface area contributed by atoms with E-state index in [-0.39, 0.29) is 11.9 Å². The number of rotatable bonds is 1. The van der Waals surface area contributed by atoms with E-state index in [0.717, 1.165) is 12.8 Å². The summed E-state index contributed by atoms with van der Waals surface area (Å²) in [6, 6.07) is 0. The lowest BCUT2D eigenvalue weighted by atomic mass is 10.0. The zero-order valence-corrected chi connectivity index (χ0v) is 7.46. The molecule has 0 amide bonds. The number of hydroxylamine groups is 2. The zero-order valence-electron chi connectivity index (χ0n) is 7.46. The highest BCUT2D eigenvalue weighted by Gasteiger charge is 2.23. The Hall–Kier alpha value is -1.06. The highest BCUT2D eigenvalue weighted by molar-refractivity contribution is 5.82. The molecular formula is C8H14N2O2. The van der Waals surface area contributed by atoms with Gasteiger partial charge in [0.05, 0.1) is 6.54 Å². The Bertz CT molecular complexity index is 203. The van der Waals surface area contributed by atoms with Crippen LogP contribution in [0.25, 0.3) is 0 Å². The summed E-state index contributed by atoms with van der Waals surface area (Å²) < 4.78 is 0. The van der Waals surface area contributed by atoms with Gasteiger partial charge in [-0.3, -0.25) is 10.2 Å². The molecule has 68 valence electrons. The molecule has 1 atom stereocenters.